The number of nitrogens with one attached hydrogen (secondary N) is 1. The summed E-state index contributed by atoms with van der Waals surface area (Å²) in [5.74, 6) is -0.713. The number of ether oxygens (including phenoxy) is 1. The summed E-state index contributed by atoms with van der Waals surface area (Å²) in [6.07, 6.45) is 0. The number of amidine groups is 1. The van der Waals surface area contributed by atoms with Crippen molar-refractivity contribution in [2.75, 3.05) is 5.94 Å². The first-order valence-electron chi connectivity index (χ1n) is 5.10. The van der Waals surface area contributed by atoms with Crippen LogP contribution in [0.4, 0.5) is 0 Å². The van der Waals surface area contributed by atoms with E-state index in [0.29, 0.717) is 0 Å². The Labute approximate surface area is 110 Å². The molecule has 0 heterocycles. The van der Waals surface area contributed by atoms with E-state index in [9.17, 15) is 4.79 Å². The fourth-order valence-electron chi connectivity index (χ4n) is 1.04. The maximum absolute atomic E-state index is 11.6. The molecule has 0 spiro atoms. The number of hydrogen-bond acceptors (Lipinski definition) is 4. The highest BCUT2D eigenvalue weighted by atomic mass is 32.2. The lowest BCUT2D eigenvalue weighted by Gasteiger charge is -2.08. The Hall–Kier alpha value is -2.01. The van der Waals surface area contributed by atoms with Crippen LogP contribution in [0.15, 0.2) is 59.7 Å². The Balaban J connectivity index is 2.40. The van der Waals surface area contributed by atoms with Crippen LogP contribution in [0, 0.1) is 5.41 Å². The van der Waals surface area contributed by atoms with Gasteiger partial charge in [-0.2, -0.15) is 0 Å². The van der Waals surface area contributed by atoms with E-state index >= 15 is 0 Å². The van der Waals surface area contributed by atoms with Gasteiger partial charge in [0.15, 0.2) is 5.76 Å². The van der Waals surface area contributed by atoms with Crippen LogP contribution in [-0.2, 0) is 9.53 Å². The number of nitrogens with two attached hydrogens (primary N) is 1. The summed E-state index contributed by atoms with van der Waals surface area (Å²) in [7, 11) is 0. The van der Waals surface area contributed by atoms with E-state index in [1.54, 1.807) is 0 Å². The van der Waals surface area contributed by atoms with Gasteiger partial charge in [0.2, 0.25) is 5.78 Å². The van der Waals surface area contributed by atoms with Crippen LogP contribution in [0.2, 0.25) is 0 Å². The first kappa shape index (κ1) is 14.1. The summed E-state index contributed by atoms with van der Waals surface area (Å²) in [5, 5.41) is 7.09. The quantitative estimate of drug-likeness (QED) is 0.197. The standard InChI is InChI=1S/C13H14N2O2S/c1-9(13(14)15)12(16)10(2)17-8-18-11-6-4-3-5-7-11/h3-7H,1-2,8H2,(H3,14,15). The highest BCUT2D eigenvalue weighted by molar-refractivity contribution is 7.99. The lowest BCUT2D eigenvalue weighted by atomic mass is 10.1. The maximum Gasteiger partial charge on any atom is 0.230 e. The third-order valence-electron chi connectivity index (χ3n) is 2.05. The molecule has 0 saturated heterocycles. The van der Waals surface area contributed by atoms with Gasteiger partial charge in [-0.05, 0) is 12.1 Å². The molecule has 0 amide bonds. The lowest BCUT2D eigenvalue weighted by Crippen LogP contribution is -2.20. The molecule has 1 aromatic rings. The number of rotatable bonds is 7. The number of Topliss-reactive ketones (excluding diaryl/α,β-unsaturated/α-hetero) is 1. The topological polar surface area (TPSA) is 76.2 Å². The van der Waals surface area contributed by atoms with Crippen LogP contribution < -0.4 is 5.73 Å². The van der Waals surface area contributed by atoms with Gasteiger partial charge in [-0.15, -0.1) is 0 Å². The van der Waals surface area contributed by atoms with Crippen molar-refractivity contribution >= 4 is 23.4 Å². The van der Waals surface area contributed by atoms with Gasteiger partial charge >= 0.3 is 0 Å². The first-order chi connectivity index (χ1) is 8.52. The second-order valence-corrected chi connectivity index (χ2v) is 4.36. The number of allylic oxidation sites excluding steroid dienone is 1. The Bertz CT molecular complexity index is 483. The summed E-state index contributed by atoms with van der Waals surface area (Å²) >= 11 is 1.44. The molecule has 94 valence electrons. The molecule has 18 heavy (non-hydrogen) atoms. The smallest absolute Gasteiger partial charge is 0.230 e. The normalized spacial score (nSPS) is 9.56. The maximum atomic E-state index is 11.6. The predicted molar refractivity (Wildman–Crippen MR) is 73.5 cm³/mol. The Kier molecular flexibility index (Phi) is 5.20. The molecule has 0 aliphatic rings. The zero-order valence-electron chi connectivity index (χ0n) is 9.81. The summed E-state index contributed by atoms with van der Waals surface area (Å²) < 4.78 is 5.18. The fourth-order valence-corrected chi connectivity index (χ4v) is 1.73. The zero-order valence-corrected chi connectivity index (χ0v) is 10.6. The zero-order chi connectivity index (χ0) is 13.5. The third kappa shape index (κ3) is 4.10. The van der Waals surface area contributed by atoms with Crippen LogP contribution in [0.25, 0.3) is 0 Å². The minimum atomic E-state index is -0.545. The van der Waals surface area contributed by atoms with Gasteiger partial charge in [0, 0.05) is 4.90 Å². The number of benzene rings is 1. The van der Waals surface area contributed by atoms with Crippen LogP contribution >= 0.6 is 11.8 Å². The van der Waals surface area contributed by atoms with Crippen LogP contribution in [-0.4, -0.2) is 17.6 Å². The Morgan fingerprint density at radius 2 is 1.94 bits per heavy atom. The minimum Gasteiger partial charge on any atom is -0.479 e. The molecule has 0 saturated carbocycles. The molecule has 0 aromatic heterocycles. The summed E-state index contributed by atoms with van der Waals surface area (Å²) in [5.41, 5.74) is 5.05. The molecule has 1 rings (SSSR count). The van der Waals surface area contributed by atoms with Crippen molar-refractivity contribution in [2.24, 2.45) is 5.73 Å². The average molecular weight is 262 g/mol. The predicted octanol–water partition coefficient (Wildman–Crippen LogP) is 2.33. The summed E-state index contributed by atoms with van der Waals surface area (Å²) in [4.78, 5) is 12.6. The van der Waals surface area contributed by atoms with E-state index in [0.717, 1.165) is 4.90 Å². The molecule has 0 atom stereocenters. The second-order valence-electron chi connectivity index (χ2n) is 3.36. The van der Waals surface area contributed by atoms with E-state index in [-0.39, 0.29) is 23.1 Å². The minimum absolute atomic E-state index is 0.0568. The molecular weight excluding hydrogens is 248 g/mol. The number of ketones is 1. The molecular formula is C13H14N2O2S. The largest absolute Gasteiger partial charge is 0.479 e. The van der Waals surface area contributed by atoms with Gasteiger partial charge in [0.1, 0.15) is 11.8 Å². The van der Waals surface area contributed by atoms with Crippen molar-refractivity contribution < 1.29 is 9.53 Å². The third-order valence-corrected chi connectivity index (χ3v) is 2.90. The highest BCUT2D eigenvalue weighted by Crippen LogP contribution is 2.18. The van der Waals surface area contributed by atoms with Crippen molar-refractivity contribution in [1.82, 2.24) is 0 Å². The van der Waals surface area contributed by atoms with Crippen LogP contribution in [0.5, 0.6) is 0 Å². The average Bonchev–Trinajstić information content (AvgIpc) is 2.38. The molecule has 5 heteroatoms. The van der Waals surface area contributed by atoms with Gasteiger partial charge in [0.05, 0.1) is 5.57 Å². The number of carbonyl (C=O) groups is 1. The Morgan fingerprint density at radius 1 is 1.33 bits per heavy atom. The molecule has 0 fully saturated rings. The molecule has 0 aliphatic carbocycles. The van der Waals surface area contributed by atoms with Crippen molar-refractivity contribution in [2.45, 2.75) is 4.90 Å². The van der Waals surface area contributed by atoms with Crippen molar-refractivity contribution in [3.05, 3.63) is 54.8 Å². The number of carbonyl (C=O) groups excluding carboxylic acids is 1. The first-order valence-corrected chi connectivity index (χ1v) is 6.08. The van der Waals surface area contributed by atoms with Crippen molar-refractivity contribution in [3.8, 4) is 0 Å². The van der Waals surface area contributed by atoms with E-state index < -0.39 is 5.78 Å². The second kappa shape index (κ2) is 6.66. The van der Waals surface area contributed by atoms with Crippen molar-refractivity contribution in [1.29, 1.82) is 5.41 Å². The highest BCUT2D eigenvalue weighted by Gasteiger charge is 2.14. The van der Waals surface area contributed by atoms with Crippen molar-refractivity contribution in [3.63, 3.8) is 0 Å². The monoisotopic (exact) mass is 262 g/mol. The van der Waals surface area contributed by atoms with E-state index in [4.69, 9.17) is 15.9 Å². The van der Waals surface area contributed by atoms with E-state index in [1.807, 2.05) is 30.3 Å². The fraction of sp³-hybridized carbons (Fsp3) is 0.0769. The molecule has 3 N–H and O–H groups in total. The van der Waals surface area contributed by atoms with Gasteiger partial charge in [-0.3, -0.25) is 10.2 Å². The van der Waals surface area contributed by atoms with E-state index in [2.05, 4.69) is 13.2 Å². The molecule has 0 bridgehead atoms. The van der Waals surface area contributed by atoms with Gasteiger partial charge in [0.25, 0.3) is 0 Å². The summed E-state index contributed by atoms with van der Waals surface area (Å²) in [6.45, 7) is 6.89. The molecule has 4 nitrogen and oxygen atoms in total. The van der Waals surface area contributed by atoms with Crippen LogP contribution in [0.1, 0.15) is 0 Å². The SMILES string of the molecule is C=C(OCSc1ccccc1)C(=O)C(=C)C(=N)N. The Morgan fingerprint density at radius 3 is 2.50 bits per heavy atom. The molecule has 0 radical (unpaired) electrons. The van der Waals surface area contributed by atoms with Crippen LogP contribution in [0.3, 0.4) is 0 Å². The molecule has 0 aliphatic heterocycles. The molecule has 0 unspecified atom stereocenters. The molecule has 1 aromatic carbocycles. The summed E-state index contributed by atoms with van der Waals surface area (Å²) in [6, 6.07) is 9.63. The van der Waals surface area contributed by atoms with Gasteiger partial charge in [-0.25, -0.2) is 0 Å². The number of thioether (sulfide) groups is 1. The van der Waals surface area contributed by atoms with Gasteiger partial charge < -0.3 is 10.5 Å². The lowest BCUT2D eigenvalue weighted by molar-refractivity contribution is -0.114. The van der Waals surface area contributed by atoms with E-state index in [1.165, 1.54) is 11.8 Å². The van der Waals surface area contributed by atoms with Gasteiger partial charge in [-0.1, -0.05) is 43.1 Å². The number of hydrogen-bond donors (Lipinski definition) is 2.